The van der Waals surface area contributed by atoms with E-state index in [-0.39, 0.29) is 5.56 Å². The minimum absolute atomic E-state index is 0.238. The van der Waals surface area contributed by atoms with Crippen LogP contribution in [0.5, 0.6) is 0 Å². The standard InChI is InChI=1S/C20H12N2OS/c21-11-18-19(13-4-2-1-3-5-13)17-10-14(15-8-9-24-12-15)6-7-16(17)20(23)22-18/h1-10,12H,(H,22,23). The monoisotopic (exact) mass is 328 g/mol. The van der Waals surface area contributed by atoms with Crippen molar-refractivity contribution >= 4 is 22.1 Å². The largest absolute Gasteiger partial charge is 0.313 e. The molecule has 0 saturated carbocycles. The molecule has 0 aliphatic rings. The van der Waals surface area contributed by atoms with E-state index in [0.29, 0.717) is 11.1 Å². The molecule has 0 fully saturated rings. The third-order valence-electron chi connectivity index (χ3n) is 4.05. The summed E-state index contributed by atoms with van der Waals surface area (Å²) in [6, 6.07) is 19.6. The van der Waals surface area contributed by atoms with Crippen molar-refractivity contribution in [1.29, 1.82) is 5.26 Å². The Labute approximate surface area is 142 Å². The Morgan fingerprint density at radius 2 is 1.75 bits per heavy atom. The van der Waals surface area contributed by atoms with Crippen LogP contribution in [0, 0.1) is 11.3 Å². The molecule has 0 atom stereocenters. The lowest BCUT2D eigenvalue weighted by molar-refractivity contribution is 1.23. The van der Waals surface area contributed by atoms with Gasteiger partial charge in [-0.3, -0.25) is 4.79 Å². The summed E-state index contributed by atoms with van der Waals surface area (Å²) in [5, 5.41) is 15.0. The number of nitrogens with one attached hydrogen (secondary N) is 1. The number of rotatable bonds is 2. The summed E-state index contributed by atoms with van der Waals surface area (Å²) in [5.74, 6) is 0. The minimum atomic E-state index is -0.238. The van der Waals surface area contributed by atoms with Gasteiger partial charge < -0.3 is 4.98 Å². The van der Waals surface area contributed by atoms with Gasteiger partial charge in [-0.05, 0) is 51.0 Å². The average Bonchev–Trinajstić information content (AvgIpc) is 3.16. The number of pyridine rings is 1. The van der Waals surface area contributed by atoms with Gasteiger partial charge >= 0.3 is 0 Å². The molecule has 4 rings (SSSR count). The highest BCUT2D eigenvalue weighted by Gasteiger charge is 2.14. The van der Waals surface area contributed by atoms with E-state index < -0.39 is 0 Å². The van der Waals surface area contributed by atoms with Crippen molar-refractivity contribution in [1.82, 2.24) is 4.98 Å². The van der Waals surface area contributed by atoms with Crippen molar-refractivity contribution in [2.24, 2.45) is 0 Å². The molecule has 0 aliphatic carbocycles. The number of benzene rings is 2. The first-order valence-electron chi connectivity index (χ1n) is 7.46. The minimum Gasteiger partial charge on any atom is -0.313 e. The Hall–Kier alpha value is -3.16. The van der Waals surface area contributed by atoms with Gasteiger partial charge in [-0.25, -0.2) is 0 Å². The van der Waals surface area contributed by atoms with Crippen molar-refractivity contribution in [2.45, 2.75) is 0 Å². The molecule has 2 heterocycles. The highest BCUT2D eigenvalue weighted by molar-refractivity contribution is 7.08. The SMILES string of the molecule is N#Cc1[nH]c(=O)c2ccc(-c3ccsc3)cc2c1-c1ccccc1. The molecule has 0 amide bonds. The second-order valence-electron chi connectivity index (χ2n) is 5.45. The summed E-state index contributed by atoms with van der Waals surface area (Å²) in [4.78, 5) is 15.0. The molecule has 0 unspecified atom stereocenters. The van der Waals surface area contributed by atoms with Crippen LogP contribution < -0.4 is 5.56 Å². The van der Waals surface area contributed by atoms with Gasteiger partial charge in [0, 0.05) is 10.9 Å². The van der Waals surface area contributed by atoms with Crippen molar-refractivity contribution in [3.63, 3.8) is 0 Å². The number of aromatic amines is 1. The Bertz CT molecular complexity index is 1120. The molecule has 24 heavy (non-hydrogen) atoms. The fourth-order valence-corrected chi connectivity index (χ4v) is 3.59. The van der Waals surface area contributed by atoms with Gasteiger partial charge in [-0.15, -0.1) is 0 Å². The normalized spacial score (nSPS) is 10.6. The summed E-state index contributed by atoms with van der Waals surface area (Å²) in [5.41, 5.74) is 3.89. The van der Waals surface area contributed by atoms with Crippen LogP contribution in [0.3, 0.4) is 0 Å². The van der Waals surface area contributed by atoms with Crippen LogP contribution in [0.25, 0.3) is 33.0 Å². The van der Waals surface area contributed by atoms with Gasteiger partial charge in [0.05, 0.1) is 0 Å². The number of thiophene rings is 1. The quantitative estimate of drug-likeness (QED) is 0.575. The number of aromatic nitrogens is 1. The van der Waals surface area contributed by atoms with Crippen LogP contribution in [-0.2, 0) is 0 Å². The number of nitriles is 1. The summed E-state index contributed by atoms with van der Waals surface area (Å²) >= 11 is 1.63. The van der Waals surface area contributed by atoms with Gasteiger partial charge in [0.25, 0.3) is 5.56 Å². The Morgan fingerprint density at radius 1 is 0.917 bits per heavy atom. The van der Waals surface area contributed by atoms with Gasteiger partial charge in [0.15, 0.2) is 0 Å². The molecule has 0 radical (unpaired) electrons. The summed E-state index contributed by atoms with van der Waals surface area (Å²) in [6.45, 7) is 0. The van der Waals surface area contributed by atoms with Crippen LogP contribution in [0.2, 0.25) is 0 Å². The van der Waals surface area contributed by atoms with Crippen molar-refractivity contribution in [3.8, 4) is 28.3 Å². The summed E-state index contributed by atoms with van der Waals surface area (Å²) in [6.07, 6.45) is 0. The third-order valence-corrected chi connectivity index (χ3v) is 4.73. The first kappa shape index (κ1) is 14.4. The number of hydrogen-bond acceptors (Lipinski definition) is 3. The van der Waals surface area contributed by atoms with E-state index in [4.69, 9.17) is 0 Å². The first-order valence-corrected chi connectivity index (χ1v) is 8.40. The molecule has 2 aromatic carbocycles. The highest BCUT2D eigenvalue weighted by Crippen LogP contribution is 2.32. The zero-order chi connectivity index (χ0) is 16.5. The van der Waals surface area contributed by atoms with Gasteiger partial charge in [0.2, 0.25) is 0 Å². The maximum absolute atomic E-state index is 12.3. The van der Waals surface area contributed by atoms with Crippen LogP contribution in [0.1, 0.15) is 5.69 Å². The fraction of sp³-hybridized carbons (Fsp3) is 0. The highest BCUT2D eigenvalue weighted by atomic mass is 32.1. The van der Waals surface area contributed by atoms with Crippen LogP contribution >= 0.6 is 11.3 Å². The second kappa shape index (κ2) is 5.80. The molecule has 0 spiro atoms. The van der Waals surface area contributed by atoms with E-state index in [2.05, 4.69) is 16.4 Å². The van der Waals surface area contributed by atoms with Crippen LogP contribution in [0.15, 0.2) is 70.2 Å². The zero-order valence-electron chi connectivity index (χ0n) is 12.6. The molecule has 1 N–H and O–H groups in total. The topological polar surface area (TPSA) is 56.6 Å². The summed E-state index contributed by atoms with van der Waals surface area (Å²) < 4.78 is 0. The fourth-order valence-electron chi connectivity index (χ4n) is 2.92. The first-order chi connectivity index (χ1) is 11.8. The zero-order valence-corrected chi connectivity index (χ0v) is 13.4. The molecule has 0 aliphatic heterocycles. The van der Waals surface area contributed by atoms with Crippen molar-refractivity contribution in [2.75, 3.05) is 0 Å². The predicted molar refractivity (Wildman–Crippen MR) is 98.0 cm³/mol. The van der Waals surface area contributed by atoms with E-state index in [9.17, 15) is 10.1 Å². The van der Waals surface area contributed by atoms with Crippen molar-refractivity contribution < 1.29 is 0 Å². The maximum atomic E-state index is 12.3. The molecular weight excluding hydrogens is 316 g/mol. The average molecular weight is 328 g/mol. The molecule has 4 aromatic rings. The predicted octanol–water partition coefficient (Wildman–Crippen LogP) is 4.80. The molecular formula is C20H12N2OS. The number of nitrogens with zero attached hydrogens (tertiary/aromatic N) is 1. The Kier molecular flexibility index (Phi) is 3.49. The van der Waals surface area contributed by atoms with Gasteiger partial charge in [-0.2, -0.15) is 16.6 Å². The molecule has 3 nitrogen and oxygen atoms in total. The smallest absolute Gasteiger partial charge is 0.256 e. The molecule has 4 heteroatoms. The maximum Gasteiger partial charge on any atom is 0.256 e. The molecule has 0 saturated heterocycles. The number of hydrogen-bond donors (Lipinski definition) is 1. The van der Waals surface area contributed by atoms with Crippen LogP contribution in [-0.4, -0.2) is 4.98 Å². The third kappa shape index (κ3) is 2.32. The molecule has 0 bridgehead atoms. The van der Waals surface area contributed by atoms with E-state index in [1.165, 1.54) is 0 Å². The number of H-pyrrole nitrogens is 1. The lowest BCUT2D eigenvalue weighted by Gasteiger charge is -2.10. The van der Waals surface area contributed by atoms with Crippen molar-refractivity contribution in [3.05, 3.63) is 81.4 Å². The lowest BCUT2D eigenvalue weighted by Crippen LogP contribution is -2.10. The second-order valence-corrected chi connectivity index (χ2v) is 6.23. The Morgan fingerprint density at radius 3 is 2.46 bits per heavy atom. The van der Waals surface area contributed by atoms with Gasteiger partial charge in [0.1, 0.15) is 11.8 Å². The lowest BCUT2D eigenvalue weighted by atomic mass is 9.95. The van der Waals surface area contributed by atoms with E-state index in [0.717, 1.165) is 27.6 Å². The molecule has 114 valence electrons. The summed E-state index contributed by atoms with van der Waals surface area (Å²) in [7, 11) is 0. The van der Waals surface area contributed by atoms with E-state index in [1.807, 2.05) is 60.0 Å². The van der Waals surface area contributed by atoms with E-state index >= 15 is 0 Å². The molecule has 2 aromatic heterocycles. The number of fused-ring (bicyclic) bond motifs is 1. The van der Waals surface area contributed by atoms with E-state index in [1.54, 1.807) is 11.3 Å². The van der Waals surface area contributed by atoms with Gasteiger partial charge in [-0.1, -0.05) is 36.4 Å². The Balaban J connectivity index is 2.12. The van der Waals surface area contributed by atoms with Crippen LogP contribution in [0.4, 0.5) is 0 Å².